The van der Waals surface area contributed by atoms with Crippen LogP contribution in [0.4, 0.5) is 5.13 Å². The van der Waals surface area contributed by atoms with Gasteiger partial charge in [0, 0.05) is 13.1 Å². The lowest BCUT2D eigenvalue weighted by Gasteiger charge is -2.26. The normalized spacial score (nSPS) is 15.0. The van der Waals surface area contributed by atoms with E-state index in [0.29, 0.717) is 37.2 Å². The minimum absolute atomic E-state index is 0.177. The molecule has 0 bridgehead atoms. The van der Waals surface area contributed by atoms with E-state index in [0.717, 1.165) is 16.0 Å². The van der Waals surface area contributed by atoms with Crippen LogP contribution in [0.5, 0.6) is 11.5 Å². The molecule has 1 amide bonds. The molecule has 11 heteroatoms. The quantitative estimate of drug-likeness (QED) is 0.573. The Labute approximate surface area is 183 Å². The number of ether oxygens (including phenoxy) is 3. The predicted molar refractivity (Wildman–Crippen MR) is 116 cm³/mol. The van der Waals surface area contributed by atoms with Crippen molar-refractivity contribution in [3.8, 4) is 11.5 Å². The molecule has 1 saturated heterocycles. The number of methoxy groups -OCH3 is 1. The van der Waals surface area contributed by atoms with E-state index in [2.05, 4.69) is 10.3 Å². The summed E-state index contributed by atoms with van der Waals surface area (Å²) in [5, 5.41) is 3.17. The van der Waals surface area contributed by atoms with Crippen LogP contribution in [0.15, 0.2) is 47.4 Å². The highest BCUT2D eigenvalue weighted by atomic mass is 32.2. The monoisotopic (exact) mass is 463 g/mol. The average molecular weight is 464 g/mol. The number of fused-ring (bicyclic) bond motifs is 1. The zero-order valence-electron chi connectivity index (χ0n) is 16.7. The highest BCUT2D eigenvalue weighted by Gasteiger charge is 2.26. The van der Waals surface area contributed by atoms with Crippen LogP contribution in [-0.4, -0.2) is 63.6 Å². The first-order valence-electron chi connectivity index (χ1n) is 9.51. The highest BCUT2D eigenvalue weighted by Crippen LogP contribution is 2.29. The van der Waals surface area contributed by atoms with Crippen molar-refractivity contribution >= 4 is 42.6 Å². The molecule has 1 N–H and O–H groups in total. The van der Waals surface area contributed by atoms with Gasteiger partial charge in [0.2, 0.25) is 10.0 Å². The molecule has 1 aromatic heterocycles. The maximum absolute atomic E-state index is 12.6. The number of amides is 1. The Balaban J connectivity index is 1.34. The maximum atomic E-state index is 12.6. The summed E-state index contributed by atoms with van der Waals surface area (Å²) < 4.78 is 43.4. The molecule has 0 unspecified atom stereocenters. The lowest BCUT2D eigenvalue weighted by molar-refractivity contribution is -0.118. The lowest BCUT2D eigenvalue weighted by Crippen LogP contribution is -2.40. The number of morpholine rings is 1. The molecule has 1 fully saturated rings. The molecule has 0 saturated carbocycles. The number of nitrogens with one attached hydrogen (secondary N) is 1. The van der Waals surface area contributed by atoms with E-state index in [-0.39, 0.29) is 17.4 Å². The van der Waals surface area contributed by atoms with E-state index in [9.17, 15) is 13.2 Å². The number of hydrogen-bond acceptors (Lipinski definition) is 8. The van der Waals surface area contributed by atoms with Crippen LogP contribution < -0.4 is 14.8 Å². The summed E-state index contributed by atoms with van der Waals surface area (Å²) in [5.41, 5.74) is 0.763. The fourth-order valence-electron chi connectivity index (χ4n) is 3.03. The third-order valence-corrected chi connectivity index (χ3v) is 7.49. The fraction of sp³-hybridized carbons (Fsp3) is 0.300. The van der Waals surface area contributed by atoms with E-state index in [1.807, 2.05) is 12.1 Å². The van der Waals surface area contributed by atoms with Crippen LogP contribution >= 0.6 is 11.3 Å². The largest absolute Gasteiger partial charge is 0.497 e. The van der Waals surface area contributed by atoms with Crippen molar-refractivity contribution < 1.29 is 27.4 Å². The second-order valence-corrected chi connectivity index (χ2v) is 9.65. The number of benzene rings is 2. The second kappa shape index (κ2) is 9.18. The third kappa shape index (κ3) is 4.96. The van der Waals surface area contributed by atoms with Gasteiger partial charge in [-0.25, -0.2) is 13.4 Å². The van der Waals surface area contributed by atoms with Crippen molar-refractivity contribution in [2.45, 2.75) is 4.90 Å². The Hall–Kier alpha value is -2.73. The molecule has 164 valence electrons. The predicted octanol–water partition coefficient (Wildman–Crippen LogP) is 2.34. The first-order valence-corrected chi connectivity index (χ1v) is 11.8. The average Bonchev–Trinajstić information content (AvgIpc) is 3.19. The van der Waals surface area contributed by atoms with Crippen LogP contribution in [-0.2, 0) is 19.6 Å². The van der Waals surface area contributed by atoms with Gasteiger partial charge in [-0.05, 0) is 42.5 Å². The van der Waals surface area contributed by atoms with Crippen LogP contribution in [0.2, 0.25) is 0 Å². The number of thiazole rings is 1. The number of aromatic nitrogens is 1. The van der Waals surface area contributed by atoms with Gasteiger partial charge in [0.15, 0.2) is 11.7 Å². The number of sulfonamides is 1. The van der Waals surface area contributed by atoms with Crippen LogP contribution in [0.1, 0.15) is 0 Å². The molecule has 3 aromatic rings. The summed E-state index contributed by atoms with van der Waals surface area (Å²) >= 11 is 1.34. The Bertz CT molecular complexity index is 1170. The second-order valence-electron chi connectivity index (χ2n) is 6.68. The maximum Gasteiger partial charge on any atom is 0.264 e. The van der Waals surface area contributed by atoms with Crippen LogP contribution in [0, 0.1) is 0 Å². The van der Waals surface area contributed by atoms with Crippen molar-refractivity contribution in [2.24, 2.45) is 0 Å². The van der Waals surface area contributed by atoms with Gasteiger partial charge in [-0.15, -0.1) is 0 Å². The molecule has 1 aliphatic rings. The Morgan fingerprint density at radius 2 is 1.87 bits per heavy atom. The van der Waals surface area contributed by atoms with Crippen LogP contribution in [0.3, 0.4) is 0 Å². The zero-order valence-corrected chi connectivity index (χ0v) is 18.4. The number of carbonyl (C=O) groups excluding carboxylic acids is 1. The molecule has 2 aromatic carbocycles. The molecular weight excluding hydrogens is 442 g/mol. The van der Waals surface area contributed by atoms with Crippen molar-refractivity contribution in [3.63, 3.8) is 0 Å². The summed E-state index contributed by atoms with van der Waals surface area (Å²) in [6, 6.07) is 11.5. The summed E-state index contributed by atoms with van der Waals surface area (Å²) in [5.74, 6) is 0.748. The van der Waals surface area contributed by atoms with Crippen molar-refractivity contribution in [1.29, 1.82) is 0 Å². The number of carbonyl (C=O) groups is 1. The molecule has 0 atom stereocenters. The van der Waals surface area contributed by atoms with Gasteiger partial charge in [-0.1, -0.05) is 11.3 Å². The Morgan fingerprint density at radius 3 is 2.58 bits per heavy atom. The Kier molecular flexibility index (Phi) is 6.37. The third-order valence-electron chi connectivity index (χ3n) is 4.64. The van der Waals surface area contributed by atoms with E-state index >= 15 is 0 Å². The lowest BCUT2D eigenvalue weighted by atomic mass is 10.3. The molecular formula is C20H21N3O6S2. The van der Waals surface area contributed by atoms with E-state index in [1.165, 1.54) is 39.9 Å². The van der Waals surface area contributed by atoms with Crippen molar-refractivity contribution in [3.05, 3.63) is 42.5 Å². The number of rotatable bonds is 7. The summed E-state index contributed by atoms with van der Waals surface area (Å²) in [6.07, 6.45) is 0. The molecule has 2 heterocycles. The minimum Gasteiger partial charge on any atom is -0.497 e. The standard InChI is InChI=1S/C20H21N3O6S2/c1-27-15-4-7-17-18(12-15)30-20(21-17)22-19(24)13-29-14-2-5-16(6-3-14)31(25,26)23-8-10-28-11-9-23/h2-7,12H,8-11,13H2,1H3,(H,21,22,24). The summed E-state index contributed by atoms with van der Waals surface area (Å²) in [6.45, 7) is 1.21. The molecule has 9 nitrogen and oxygen atoms in total. The van der Waals surface area contributed by atoms with E-state index in [4.69, 9.17) is 14.2 Å². The van der Waals surface area contributed by atoms with Crippen molar-refractivity contribution in [2.75, 3.05) is 45.3 Å². The number of nitrogens with zero attached hydrogens (tertiary/aromatic N) is 2. The highest BCUT2D eigenvalue weighted by molar-refractivity contribution is 7.89. The molecule has 0 radical (unpaired) electrons. The van der Waals surface area contributed by atoms with Crippen molar-refractivity contribution in [1.82, 2.24) is 9.29 Å². The van der Waals surface area contributed by atoms with Gasteiger partial charge in [0.25, 0.3) is 5.91 Å². The minimum atomic E-state index is -3.57. The van der Waals surface area contributed by atoms with Gasteiger partial charge < -0.3 is 14.2 Å². The molecule has 0 aliphatic carbocycles. The zero-order chi connectivity index (χ0) is 21.8. The first-order chi connectivity index (χ1) is 15.0. The topological polar surface area (TPSA) is 107 Å². The van der Waals surface area contributed by atoms with Gasteiger partial charge in [-0.3, -0.25) is 10.1 Å². The molecule has 31 heavy (non-hydrogen) atoms. The van der Waals surface area contributed by atoms with E-state index < -0.39 is 10.0 Å². The fourth-order valence-corrected chi connectivity index (χ4v) is 5.35. The molecule has 4 rings (SSSR count). The number of anilines is 1. The van der Waals surface area contributed by atoms with Gasteiger partial charge in [-0.2, -0.15) is 4.31 Å². The van der Waals surface area contributed by atoms with Gasteiger partial charge >= 0.3 is 0 Å². The first kappa shape index (κ1) is 21.5. The van der Waals surface area contributed by atoms with Crippen LogP contribution in [0.25, 0.3) is 10.2 Å². The Morgan fingerprint density at radius 1 is 1.16 bits per heavy atom. The molecule has 1 aliphatic heterocycles. The SMILES string of the molecule is COc1ccc2nc(NC(=O)COc3ccc(S(=O)(=O)N4CCOCC4)cc3)sc2c1. The number of hydrogen-bond donors (Lipinski definition) is 1. The summed E-state index contributed by atoms with van der Waals surface area (Å²) in [4.78, 5) is 16.7. The van der Waals surface area contributed by atoms with E-state index in [1.54, 1.807) is 13.2 Å². The molecule has 0 spiro atoms. The van der Waals surface area contributed by atoms with Gasteiger partial charge in [0.1, 0.15) is 11.5 Å². The smallest absolute Gasteiger partial charge is 0.264 e. The summed E-state index contributed by atoms with van der Waals surface area (Å²) in [7, 11) is -1.98. The van der Waals surface area contributed by atoms with Gasteiger partial charge in [0.05, 0.1) is 35.4 Å².